The van der Waals surface area contributed by atoms with Crippen LogP contribution in [0.3, 0.4) is 0 Å². The number of benzene rings is 1. The first-order chi connectivity index (χ1) is 7.10. The monoisotopic (exact) mass is 216 g/mol. The van der Waals surface area contributed by atoms with Gasteiger partial charge in [0.25, 0.3) is 0 Å². The van der Waals surface area contributed by atoms with Gasteiger partial charge in [-0.1, -0.05) is 0 Å². The number of hydrogen-bond acceptors (Lipinski definition) is 3. The smallest absolute Gasteiger partial charge is 0.190 e. The normalized spacial score (nSPS) is 12.6. The first kappa shape index (κ1) is 11.9. The Morgan fingerprint density at radius 1 is 1.33 bits per heavy atom. The molecule has 0 heterocycles. The van der Waals surface area contributed by atoms with Crippen LogP contribution in [0.2, 0.25) is 0 Å². The highest BCUT2D eigenvalue weighted by atomic mass is 19.1. The van der Waals surface area contributed by atoms with Crippen LogP contribution in [0.1, 0.15) is 18.5 Å². The Morgan fingerprint density at radius 2 is 1.87 bits per heavy atom. The summed E-state index contributed by atoms with van der Waals surface area (Å²) in [6.07, 6.45) is 0. The number of rotatable bonds is 4. The second-order valence-electron chi connectivity index (χ2n) is 3.09. The third-order valence-electron chi connectivity index (χ3n) is 1.99. The summed E-state index contributed by atoms with van der Waals surface area (Å²) in [6.45, 7) is 1.99. The zero-order chi connectivity index (χ0) is 11.4. The molecule has 0 aromatic heterocycles. The van der Waals surface area contributed by atoms with Gasteiger partial charge in [0.05, 0.1) is 6.61 Å². The van der Waals surface area contributed by atoms with Crippen LogP contribution in [0, 0.1) is 11.6 Å². The van der Waals surface area contributed by atoms with Crippen molar-refractivity contribution in [2.45, 2.75) is 13.0 Å². The minimum absolute atomic E-state index is 0.132. The average Bonchev–Trinajstić information content (AvgIpc) is 2.22. The van der Waals surface area contributed by atoms with Crippen molar-refractivity contribution < 1.29 is 13.5 Å². The van der Waals surface area contributed by atoms with E-state index in [2.05, 4.69) is 0 Å². The van der Waals surface area contributed by atoms with Crippen molar-refractivity contribution in [2.75, 3.05) is 13.2 Å². The molecule has 0 aliphatic heterocycles. The van der Waals surface area contributed by atoms with Crippen molar-refractivity contribution in [3.8, 4) is 5.75 Å². The molecule has 1 aromatic carbocycles. The van der Waals surface area contributed by atoms with E-state index in [1.807, 2.05) is 0 Å². The lowest BCUT2D eigenvalue weighted by Gasteiger charge is -2.12. The molecule has 0 spiro atoms. The summed E-state index contributed by atoms with van der Waals surface area (Å²) in [5.74, 6) is -1.88. The molecule has 5 heteroatoms. The molecule has 0 aliphatic rings. The Kier molecular flexibility index (Phi) is 3.99. The van der Waals surface area contributed by atoms with E-state index in [1.54, 1.807) is 6.92 Å². The van der Waals surface area contributed by atoms with Crippen LogP contribution in [-0.4, -0.2) is 13.2 Å². The summed E-state index contributed by atoms with van der Waals surface area (Å²) in [5.41, 5.74) is 11.2. The Balaban J connectivity index is 3.07. The van der Waals surface area contributed by atoms with E-state index in [1.165, 1.54) is 0 Å². The standard InChI is InChI=1S/C10H14F2N2O/c1-2-15-10-7(11)3-6(4-8(10)12)9(14)5-13/h3-4,9H,2,5,13-14H2,1H3. The van der Waals surface area contributed by atoms with Gasteiger partial charge in [0.1, 0.15) is 0 Å². The molecule has 1 aromatic rings. The first-order valence-corrected chi connectivity index (χ1v) is 4.67. The van der Waals surface area contributed by atoms with Crippen molar-refractivity contribution >= 4 is 0 Å². The van der Waals surface area contributed by atoms with Gasteiger partial charge in [-0.25, -0.2) is 8.78 Å². The van der Waals surface area contributed by atoms with Crippen LogP contribution in [0.5, 0.6) is 5.75 Å². The van der Waals surface area contributed by atoms with Gasteiger partial charge < -0.3 is 16.2 Å². The third-order valence-corrected chi connectivity index (χ3v) is 1.99. The summed E-state index contributed by atoms with van der Waals surface area (Å²) in [7, 11) is 0. The van der Waals surface area contributed by atoms with Crippen molar-refractivity contribution in [3.05, 3.63) is 29.3 Å². The maximum Gasteiger partial charge on any atom is 0.190 e. The molecular weight excluding hydrogens is 202 g/mol. The second-order valence-corrected chi connectivity index (χ2v) is 3.09. The van der Waals surface area contributed by atoms with Crippen LogP contribution in [0.4, 0.5) is 8.78 Å². The van der Waals surface area contributed by atoms with Gasteiger partial charge in [-0.15, -0.1) is 0 Å². The Morgan fingerprint density at radius 3 is 2.27 bits per heavy atom. The van der Waals surface area contributed by atoms with Gasteiger partial charge in [-0.05, 0) is 24.6 Å². The molecule has 84 valence electrons. The SMILES string of the molecule is CCOc1c(F)cc(C(N)CN)cc1F. The van der Waals surface area contributed by atoms with Gasteiger partial charge in [-0.2, -0.15) is 0 Å². The topological polar surface area (TPSA) is 61.3 Å². The van der Waals surface area contributed by atoms with Crippen LogP contribution in [0.25, 0.3) is 0 Å². The van der Waals surface area contributed by atoms with Crippen LogP contribution >= 0.6 is 0 Å². The molecule has 0 saturated carbocycles. The Labute approximate surface area is 87.0 Å². The summed E-state index contributed by atoms with van der Waals surface area (Å²) in [4.78, 5) is 0. The predicted molar refractivity (Wildman–Crippen MR) is 53.5 cm³/mol. The number of hydrogen-bond donors (Lipinski definition) is 2. The predicted octanol–water partition coefficient (Wildman–Crippen LogP) is 1.32. The van der Waals surface area contributed by atoms with Gasteiger partial charge >= 0.3 is 0 Å². The maximum absolute atomic E-state index is 13.3. The highest BCUT2D eigenvalue weighted by molar-refractivity contribution is 5.32. The first-order valence-electron chi connectivity index (χ1n) is 4.67. The third kappa shape index (κ3) is 2.64. The molecule has 0 bridgehead atoms. The van der Waals surface area contributed by atoms with Crippen LogP contribution in [-0.2, 0) is 0 Å². The second kappa shape index (κ2) is 5.04. The number of ether oxygens (including phenoxy) is 1. The van der Waals surface area contributed by atoms with E-state index in [9.17, 15) is 8.78 Å². The van der Waals surface area contributed by atoms with E-state index in [-0.39, 0.29) is 18.9 Å². The molecule has 0 aliphatic carbocycles. The molecule has 4 N–H and O–H groups in total. The zero-order valence-electron chi connectivity index (χ0n) is 8.47. The highest BCUT2D eigenvalue weighted by Gasteiger charge is 2.14. The molecule has 0 saturated heterocycles. The fourth-order valence-electron chi connectivity index (χ4n) is 1.21. The van der Waals surface area contributed by atoms with Crippen molar-refractivity contribution in [1.82, 2.24) is 0 Å². The summed E-state index contributed by atoms with van der Waals surface area (Å²) in [6, 6.07) is 1.72. The Hall–Kier alpha value is -1.20. The largest absolute Gasteiger partial charge is 0.488 e. The van der Waals surface area contributed by atoms with E-state index >= 15 is 0 Å². The van der Waals surface area contributed by atoms with Crippen LogP contribution < -0.4 is 16.2 Å². The Bertz CT molecular complexity index is 321. The molecule has 0 fully saturated rings. The van der Waals surface area contributed by atoms with E-state index in [0.717, 1.165) is 12.1 Å². The molecular formula is C10H14F2N2O. The number of nitrogens with two attached hydrogens (primary N) is 2. The maximum atomic E-state index is 13.3. The van der Waals surface area contributed by atoms with Crippen molar-refractivity contribution in [1.29, 1.82) is 0 Å². The van der Waals surface area contributed by atoms with E-state index < -0.39 is 17.7 Å². The van der Waals surface area contributed by atoms with E-state index in [4.69, 9.17) is 16.2 Å². The molecule has 1 atom stereocenters. The van der Waals surface area contributed by atoms with Crippen molar-refractivity contribution in [2.24, 2.45) is 11.5 Å². The molecule has 1 rings (SSSR count). The van der Waals surface area contributed by atoms with Gasteiger partial charge in [0.2, 0.25) is 0 Å². The molecule has 1 unspecified atom stereocenters. The summed E-state index contributed by atoms with van der Waals surface area (Å²) in [5, 5.41) is 0. The minimum Gasteiger partial charge on any atom is -0.488 e. The molecule has 0 amide bonds. The van der Waals surface area contributed by atoms with Crippen LogP contribution in [0.15, 0.2) is 12.1 Å². The van der Waals surface area contributed by atoms with Gasteiger partial charge in [0.15, 0.2) is 17.4 Å². The minimum atomic E-state index is -0.754. The van der Waals surface area contributed by atoms with Crippen molar-refractivity contribution in [3.63, 3.8) is 0 Å². The molecule has 15 heavy (non-hydrogen) atoms. The average molecular weight is 216 g/mol. The summed E-state index contributed by atoms with van der Waals surface area (Å²) < 4.78 is 31.5. The number of halogens is 2. The fraction of sp³-hybridized carbons (Fsp3) is 0.400. The zero-order valence-corrected chi connectivity index (χ0v) is 8.47. The lowest BCUT2D eigenvalue weighted by molar-refractivity contribution is 0.302. The molecule has 3 nitrogen and oxygen atoms in total. The fourth-order valence-corrected chi connectivity index (χ4v) is 1.21. The summed E-state index contributed by atoms with van der Waals surface area (Å²) >= 11 is 0. The quantitative estimate of drug-likeness (QED) is 0.798. The van der Waals surface area contributed by atoms with Gasteiger partial charge in [0, 0.05) is 12.6 Å². The highest BCUT2D eigenvalue weighted by Crippen LogP contribution is 2.25. The lowest BCUT2D eigenvalue weighted by atomic mass is 10.1. The van der Waals surface area contributed by atoms with E-state index in [0.29, 0.717) is 5.56 Å². The van der Waals surface area contributed by atoms with Gasteiger partial charge in [-0.3, -0.25) is 0 Å². The lowest BCUT2D eigenvalue weighted by Crippen LogP contribution is -2.21. The molecule has 0 radical (unpaired) electrons.